The summed E-state index contributed by atoms with van der Waals surface area (Å²) in [6, 6.07) is 7.08. The SMILES string of the molecule is CS(=O)(=O)NC[C@H]1CN(C(=O)Cc2ccccn2)Cc2ccnn21. The number of nitrogens with one attached hydrogen (secondary N) is 1. The maximum atomic E-state index is 12.6. The zero-order chi connectivity index (χ0) is 17.2. The number of amides is 1. The summed E-state index contributed by atoms with van der Waals surface area (Å²) < 4.78 is 27.0. The van der Waals surface area contributed by atoms with Crippen LogP contribution in [0.5, 0.6) is 0 Å². The van der Waals surface area contributed by atoms with Crippen molar-refractivity contribution in [3.05, 3.63) is 48.0 Å². The zero-order valence-electron chi connectivity index (χ0n) is 13.3. The van der Waals surface area contributed by atoms with E-state index in [1.54, 1.807) is 28.0 Å². The molecule has 0 unspecified atom stereocenters. The molecule has 128 valence electrons. The van der Waals surface area contributed by atoms with Gasteiger partial charge in [-0.3, -0.25) is 14.5 Å². The normalized spacial score (nSPS) is 17.5. The molecule has 1 atom stereocenters. The Morgan fingerprint density at radius 3 is 2.88 bits per heavy atom. The van der Waals surface area contributed by atoms with Crippen molar-refractivity contribution in [2.45, 2.75) is 19.0 Å². The molecule has 2 aromatic heterocycles. The first-order valence-corrected chi connectivity index (χ1v) is 9.46. The predicted molar refractivity (Wildman–Crippen MR) is 87.5 cm³/mol. The molecule has 2 aromatic rings. The lowest BCUT2D eigenvalue weighted by atomic mass is 10.1. The van der Waals surface area contributed by atoms with E-state index in [4.69, 9.17) is 0 Å². The van der Waals surface area contributed by atoms with Gasteiger partial charge in [0.2, 0.25) is 15.9 Å². The Hall–Kier alpha value is -2.26. The third kappa shape index (κ3) is 3.98. The summed E-state index contributed by atoms with van der Waals surface area (Å²) in [6.45, 7) is 1.06. The van der Waals surface area contributed by atoms with E-state index in [1.165, 1.54) is 0 Å². The second-order valence-electron chi connectivity index (χ2n) is 5.81. The highest BCUT2D eigenvalue weighted by Gasteiger charge is 2.29. The second kappa shape index (κ2) is 6.70. The third-order valence-electron chi connectivity index (χ3n) is 3.87. The van der Waals surface area contributed by atoms with Crippen molar-refractivity contribution < 1.29 is 13.2 Å². The lowest BCUT2D eigenvalue weighted by Gasteiger charge is -2.34. The minimum atomic E-state index is -3.30. The molecule has 24 heavy (non-hydrogen) atoms. The van der Waals surface area contributed by atoms with E-state index < -0.39 is 10.0 Å². The van der Waals surface area contributed by atoms with Crippen LogP contribution in [0.25, 0.3) is 0 Å². The number of rotatable bonds is 5. The molecule has 0 aromatic carbocycles. The predicted octanol–water partition coefficient (Wildman–Crippen LogP) is -0.0467. The molecule has 8 nitrogen and oxygen atoms in total. The van der Waals surface area contributed by atoms with Gasteiger partial charge < -0.3 is 4.90 Å². The monoisotopic (exact) mass is 349 g/mol. The first-order chi connectivity index (χ1) is 11.4. The van der Waals surface area contributed by atoms with E-state index in [2.05, 4.69) is 14.8 Å². The van der Waals surface area contributed by atoms with Gasteiger partial charge in [0, 0.05) is 31.2 Å². The van der Waals surface area contributed by atoms with Gasteiger partial charge in [0.05, 0.1) is 31.0 Å². The van der Waals surface area contributed by atoms with Crippen molar-refractivity contribution in [3.63, 3.8) is 0 Å². The molecule has 1 aliphatic heterocycles. The van der Waals surface area contributed by atoms with Crippen LogP contribution >= 0.6 is 0 Å². The van der Waals surface area contributed by atoms with Crippen LogP contribution < -0.4 is 4.72 Å². The van der Waals surface area contributed by atoms with Gasteiger partial charge in [-0.05, 0) is 18.2 Å². The van der Waals surface area contributed by atoms with Crippen molar-refractivity contribution in [2.24, 2.45) is 0 Å². The number of hydrogen-bond acceptors (Lipinski definition) is 5. The third-order valence-corrected chi connectivity index (χ3v) is 4.57. The molecule has 0 saturated carbocycles. The maximum Gasteiger partial charge on any atom is 0.229 e. The van der Waals surface area contributed by atoms with Crippen LogP contribution in [0.1, 0.15) is 17.4 Å². The molecule has 1 N–H and O–H groups in total. The molecule has 0 fully saturated rings. The van der Waals surface area contributed by atoms with Crippen molar-refractivity contribution in [1.29, 1.82) is 0 Å². The van der Waals surface area contributed by atoms with Gasteiger partial charge >= 0.3 is 0 Å². The molecule has 3 heterocycles. The maximum absolute atomic E-state index is 12.6. The Morgan fingerprint density at radius 2 is 2.17 bits per heavy atom. The zero-order valence-corrected chi connectivity index (χ0v) is 14.1. The highest BCUT2D eigenvalue weighted by atomic mass is 32.2. The highest BCUT2D eigenvalue weighted by Crippen LogP contribution is 2.20. The molecule has 0 spiro atoms. The van der Waals surface area contributed by atoms with Crippen molar-refractivity contribution in [3.8, 4) is 0 Å². The number of carbonyl (C=O) groups excluding carboxylic acids is 1. The van der Waals surface area contributed by atoms with Crippen LogP contribution in [-0.4, -0.2) is 53.3 Å². The first-order valence-electron chi connectivity index (χ1n) is 7.57. The van der Waals surface area contributed by atoms with Gasteiger partial charge in [0.1, 0.15) is 0 Å². The summed E-state index contributed by atoms with van der Waals surface area (Å²) in [5.74, 6) is -0.0366. The van der Waals surface area contributed by atoms with E-state index in [0.29, 0.717) is 18.8 Å². The average Bonchev–Trinajstić information content (AvgIpc) is 3.01. The fourth-order valence-electron chi connectivity index (χ4n) is 2.75. The number of carbonyl (C=O) groups is 1. The Kier molecular flexibility index (Phi) is 4.63. The highest BCUT2D eigenvalue weighted by molar-refractivity contribution is 7.88. The second-order valence-corrected chi connectivity index (χ2v) is 7.65. The molecule has 0 saturated heterocycles. The molecular weight excluding hydrogens is 330 g/mol. The van der Waals surface area contributed by atoms with Gasteiger partial charge in [0.25, 0.3) is 0 Å². The topological polar surface area (TPSA) is 97.2 Å². The summed E-state index contributed by atoms with van der Waals surface area (Å²) >= 11 is 0. The van der Waals surface area contributed by atoms with Gasteiger partial charge in [-0.15, -0.1) is 0 Å². The Labute approximate surface area is 140 Å². The Morgan fingerprint density at radius 1 is 1.33 bits per heavy atom. The standard InChI is InChI=1S/C15H19N5O3S/c1-24(22,23)18-9-14-11-19(10-13-5-7-17-20(13)14)15(21)8-12-4-2-3-6-16-12/h2-7,14,18H,8-11H2,1H3/t14-/m0/s1. The number of aromatic nitrogens is 3. The van der Waals surface area contributed by atoms with Crippen LogP contribution in [0.3, 0.4) is 0 Å². The van der Waals surface area contributed by atoms with Crippen LogP contribution in [0.2, 0.25) is 0 Å². The van der Waals surface area contributed by atoms with Crippen LogP contribution in [-0.2, 0) is 27.8 Å². The summed E-state index contributed by atoms with van der Waals surface area (Å²) in [7, 11) is -3.30. The van der Waals surface area contributed by atoms with E-state index in [0.717, 1.165) is 11.9 Å². The summed E-state index contributed by atoms with van der Waals surface area (Å²) in [6.07, 6.45) is 4.66. The lowest BCUT2D eigenvalue weighted by Crippen LogP contribution is -2.45. The van der Waals surface area contributed by atoms with E-state index in [1.807, 2.05) is 18.2 Å². The van der Waals surface area contributed by atoms with Crippen molar-refractivity contribution in [1.82, 2.24) is 24.4 Å². The number of sulfonamides is 1. The molecule has 0 radical (unpaired) electrons. The van der Waals surface area contributed by atoms with Crippen molar-refractivity contribution in [2.75, 3.05) is 19.3 Å². The molecule has 1 aliphatic rings. The summed E-state index contributed by atoms with van der Waals surface area (Å²) in [4.78, 5) is 18.5. The van der Waals surface area contributed by atoms with Gasteiger partial charge in [-0.1, -0.05) is 6.07 Å². The quantitative estimate of drug-likeness (QED) is 0.816. The largest absolute Gasteiger partial charge is 0.334 e. The number of pyridine rings is 1. The van der Waals surface area contributed by atoms with Gasteiger partial charge in [-0.2, -0.15) is 5.10 Å². The molecule has 1 amide bonds. The van der Waals surface area contributed by atoms with E-state index >= 15 is 0 Å². The minimum Gasteiger partial charge on any atom is -0.334 e. The molecule has 0 bridgehead atoms. The molecule has 0 aliphatic carbocycles. The molecule has 3 rings (SSSR count). The Balaban J connectivity index is 1.73. The van der Waals surface area contributed by atoms with E-state index in [9.17, 15) is 13.2 Å². The number of hydrogen-bond donors (Lipinski definition) is 1. The van der Waals surface area contributed by atoms with E-state index in [-0.39, 0.29) is 24.9 Å². The van der Waals surface area contributed by atoms with Gasteiger partial charge in [0.15, 0.2) is 0 Å². The minimum absolute atomic E-state index is 0.0366. The fraction of sp³-hybridized carbons (Fsp3) is 0.400. The number of nitrogens with zero attached hydrogens (tertiary/aromatic N) is 4. The molecule has 9 heteroatoms. The Bertz CT molecular complexity index is 819. The fourth-order valence-corrected chi connectivity index (χ4v) is 3.24. The number of fused-ring (bicyclic) bond motifs is 1. The van der Waals surface area contributed by atoms with Crippen LogP contribution in [0.15, 0.2) is 36.7 Å². The van der Waals surface area contributed by atoms with Gasteiger partial charge in [-0.25, -0.2) is 13.1 Å². The smallest absolute Gasteiger partial charge is 0.229 e. The summed E-state index contributed by atoms with van der Waals surface area (Å²) in [5.41, 5.74) is 1.60. The first kappa shape index (κ1) is 16.6. The summed E-state index contributed by atoms with van der Waals surface area (Å²) in [5, 5.41) is 4.25. The van der Waals surface area contributed by atoms with Crippen LogP contribution in [0, 0.1) is 0 Å². The molecular formula is C15H19N5O3S. The van der Waals surface area contributed by atoms with Crippen LogP contribution in [0.4, 0.5) is 0 Å². The van der Waals surface area contributed by atoms with Crippen molar-refractivity contribution >= 4 is 15.9 Å². The average molecular weight is 349 g/mol. The lowest BCUT2D eigenvalue weighted by molar-refractivity contribution is -0.132.